The topological polar surface area (TPSA) is 58.2 Å². The van der Waals surface area contributed by atoms with Crippen LogP contribution in [0.1, 0.15) is 46.0 Å². The smallest absolute Gasteiger partial charge is 0.352 e. The van der Waals surface area contributed by atoms with Crippen LogP contribution in [0, 0.1) is 0 Å². The lowest BCUT2D eigenvalue weighted by molar-refractivity contribution is -0.137. The van der Waals surface area contributed by atoms with Crippen LogP contribution >= 0.6 is 11.6 Å². The Labute approximate surface area is 159 Å². The number of nitrogens with one attached hydrogen (secondary N) is 2. The van der Waals surface area contributed by atoms with Crippen molar-refractivity contribution in [1.29, 1.82) is 0 Å². The van der Waals surface area contributed by atoms with Crippen LogP contribution in [0.3, 0.4) is 0 Å². The fourth-order valence-corrected chi connectivity index (χ4v) is 2.44. The highest BCUT2D eigenvalue weighted by molar-refractivity contribution is 6.34. The Morgan fingerprint density at radius 2 is 1.70 bits per heavy atom. The second kappa shape index (κ2) is 8.90. The van der Waals surface area contributed by atoms with E-state index in [4.69, 9.17) is 11.6 Å². The van der Waals surface area contributed by atoms with Gasteiger partial charge in [0.25, 0.3) is 11.8 Å². The summed E-state index contributed by atoms with van der Waals surface area (Å²) < 4.78 is 38.5. The van der Waals surface area contributed by atoms with E-state index in [9.17, 15) is 22.8 Å². The Morgan fingerprint density at radius 3 is 2.33 bits per heavy atom. The van der Waals surface area contributed by atoms with E-state index >= 15 is 0 Å². The second-order valence-corrected chi connectivity index (χ2v) is 6.24. The molecule has 0 heterocycles. The molecular weight excluding hydrogens is 381 g/mol. The van der Waals surface area contributed by atoms with Gasteiger partial charge in [-0.05, 0) is 42.8 Å². The summed E-state index contributed by atoms with van der Waals surface area (Å²) in [6.45, 7) is 2.52. The number of unbranched alkanes of at least 4 members (excludes halogenated alkanes) is 1. The van der Waals surface area contributed by atoms with Crippen molar-refractivity contribution < 1.29 is 22.8 Å². The Kier molecular flexibility index (Phi) is 6.85. The van der Waals surface area contributed by atoms with Crippen LogP contribution < -0.4 is 10.6 Å². The summed E-state index contributed by atoms with van der Waals surface area (Å²) in [6, 6.07) is 8.57. The molecule has 0 aromatic heterocycles. The summed E-state index contributed by atoms with van der Waals surface area (Å²) in [5, 5.41) is 5.06. The normalized spacial score (nSPS) is 11.1. The van der Waals surface area contributed by atoms with Crippen LogP contribution in [0.5, 0.6) is 0 Å². The molecule has 4 nitrogen and oxygen atoms in total. The van der Waals surface area contributed by atoms with E-state index in [1.807, 2.05) is 6.92 Å². The monoisotopic (exact) mass is 398 g/mol. The van der Waals surface area contributed by atoms with Gasteiger partial charge in [-0.3, -0.25) is 9.59 Å². The molecule has 144 valence electrons. The van der Waals surface area contributed by atoms with Crippen LogP contribution in [-0.4, -0.2) is 18.4 Å². The Hall–Kier alpha value is -2.54. The van der Waals surface area contributed by atoms with Gasteiger partial charge in [0.1, 0.15) is 0 Å². The molecule has 27 heavy (non-hydrogen) atoms. The van der Waals surface area contributed by atoms with Crippen molar-refractivity contribution in [3.63, 3.8) is 0 Å². The summed E-state index contributed by atoms with van der Waals surface area (Å²) in [7, 11) is 0. The number of rotatable bonds is 6. The van der Waals surface area contributed by atoms with Crippen LogP contribution in [0.2, 0.25) is 5.02 Å². The first kappa shape index (κ1) is 20.8. The molecule has 0 radical (unpaired) electrons. The zero-order chi connectivity index (χ0) is 20.0. The minimum Gasteiger partial charge on any atom is -0.352 e. The van der Waals surface area contributed by atoms with Crippen molar-refractivity contribution in [3.05, 3.63) is 64.2 Å². The highest BCUT2D eigenvalue weighted by Gasteiger charge is 2.31. The number of hydrogen-bond acceptors (Lipinski definition) is 2. The third-order valence-corrected chi connectivity index (χ3v) is 4.07. The first-order valence-corrected chi connectivity index (χ1v) is 8.66. The lowest BCUT2D eigenvalue weighted by Gasteiger charge is -2.12. The second-order valence-electron chi connectivity index (χ2n) is 5.84. The Balaban J connectivity index is 2.17. The molecule has 0 aliphatic heterocycles. The Bertz CT molecular complexity index is 838. The number of anilines is 1. The summed E-state index contributed by atoms with van der Waals surface area (Å²) in [6.07, 6.45) is -2.79. The van der Waals surface area contributed by atoms with Gasteiger partial charge in [0, 0.05) is 17.7 Å². The molecule has 2 N–H and O–H groups in total. The fourth-order valence-electron chi connectivity index (χ4n) is 2.27. The predicted molar refractivity (Wildman–Crippen MR) is 98.1 cm³/mol. The van der Waals surface area contributed by atoms with Crippen LogP contribution in [0.4, 0.5) is 18.9 Å². The van der Waals surface area contributed by atoms with E-state index in [1.165, 1.54) is 18.2 Å². The maximum absolute atomic E-state index is 12.8. The largest absolute Gasteiger partial charge is 0.416 e. The number of amides is 2. The van der Waals surface area contributed by atoms with Gasteiger partial charge < -0.3 is 10.6 Å². The van der Waals surface area contributed by atoms with Crippen molar-refractivity contribution in [2.24, 2.45) is 0 Å². The summed E-state index contributed by atoms with van der Waals surface area (Å²) in [4.78, 5) is 24.5. The zero-order valence-electron chi connectivity index (χ0n) is 14.5. The summed E-state index contributed by atoms with van der Waals surface area (Å²) in [5.74, 6) is -0.991. The average molecular weight is 399 g/mol. The highest BCUT2D eigenvalue weighted by Crippen LogP contribution is 2.34. The van der Waals surface area contributed by atoms with E-state index in [1.54, 1.807) is 6.07 Å². The van der Waals surface area contributed by atoms with E-state index in [0.717, 1.165) is 31.0 Å². The van der Waals surface area contributed by atoms with Gasteiger partial charge >= 0.3 is 6.18 Å². The third-order valence-electron chi connectivity index (χ3n) is 3.74. The number of alkyl halides is 3. The first-order valence-electron chi connectivity index (χ1n) is 8.28. The van der Waals surface area contributed by atoms with E-state index in [-0.39, 0.29) is 27.7 Å². The lowest BCUT2D eigenvalue weighted by Crippen LogP contribution is -2.24. The number of halogens is 4. The van der Waals surface area contributed by atoms with Crippen molar-refractivity contribution in [2.75, 3.05) is 11.9 Å². The number of carbonyl (C=O) groups is 2. The summed E-state index contributed by atoms with van der Waals surface area (Å²) in [5.41, 5.74) is -0.666. The molecule has 2 amide bonds. The van der Waals surface area contributed by atoms with Crippen molar-refractivity contribution in [2.45, 2.75) is 25.9 Å². The molecule has 0 saturated carbocycles. The quantitative estimate of drug-likeness (QED) is 0.662. The van der Waals surface area contributed by atoms with Gasteiger partial charge in [0.15, 0.2) is 0 Å². The molecule has 8 heteroatoms. The van der Waals surface area contributed by atoms with Crippen molar-refractivity contribution in [1.82, 2.24) is 5.32 Å². The van der Waals surface area contributed by atoms with Crippen LogP contribution in [-0.2, 0) is 6.18 Å². The van der Waals surface area contributed by atoms with Gasteiger partial charge in [-0.2, -0.15) is 13.2 Å². The van der Waals surface area contributed by atoms with Gasteiger partial charge in [-0.1, -0.05) is 31.0 Å². The highest BCUT2D eigenvalue weighted by atomic mass is 35.5. The molecule has 0 aliphatic rings. The molecule has 0 aliphatic carbocycles. The number of carbonyl (C=O) groups excluding carboxylic acids is 2. The van der Waals surface area contributed by atoms with Gasteiger partial charge in [0.2, 0.25) is 0 Å². The number of hydrogen-bond donors (Lipinski definition) is 2. The minimum absolute atomic E-state index is 0.0233. The maximum Gasteiger partial charge on any atom is 0.416 e. The number of benzene rings is 2. The fraction of sp³-hybridized carbons (Fsp3) is 0.263. The molecule has 2 aromatic carbocycles. The molecule has 0 atom stereocenters. The standard InChI is InChI=1S/C19H18ClF3N2O2/c1-2-3-9-24-17(26)12-5-4-6-13(10-12)18(27)25-16-11-14(19(21,22)23)7-8-15(16)20/h4-8,10-11H,2-3,9H2,1H3,(H,24,26)(H,25,27). The first-order chi connectivity index (χ1) is 12.7. The van der Waals surface area contributed by atoms with Gasteiger partial charge in [-0.25, -0.2) is 0 Å². The molecule has 0 unspecified atom stereocenters. The molecule has 2 aromatic rings. The summed E-state index contributed by atoms with van der Waals surface area (Å²) >= 11 is 5.88. The SMILES string of the molecule is CCCCNC(=O)c1cccc(C(=O)Nc2cc(C(F)(F)F)ccc2Cl)c1. The van der Waals surface area contributed by atoms with Crippen LogP contribution in [0.25, 0.3) is 0 Å². The molecule has 2 rings (SSSR count). The van der Waals surface area contributed by atoms with Crippen LogP contribution in [0.15, 0.2) is 42.5 Å². The Morgan fingerprint density at radius 1 is 1.04 bits per heavy atom. The molecule has 0 spiro atoms. The van der Waals surface area contributed by atoms with E-state index in [0.29, 0.717) is 6.54 Å². The van der Waals surface area contributed by atoms with Crippen molar-refractivity contribution in [3.8, 4) is 0 Å². The molecule has 0 fully saturated rings. The van der Waals surface area contributed by atoms with E-state index in [2.05, 4.69) is 10.6 Å². The minimum atomic E-state index is -4.55. The molecular formula is C19H18ClF3N2O2. The molecule has 0 saturated heterocycles. The lowest BCUT2D eigenvalue weighted by atomic mass is 10.1. The average Bonchev–Trinajstić information content (AvgIpc) is 2.62. The predicted octanol–water partition coefficient (Wildman–Crippen LogP) is 5.14. The third kappa shape index (κ3) is 5.72. The molecule has 0 bridgehead atoms. The van der Waals surface area contributed by atoms with E-state index < -0.39 is 17.6 Å². The van der Waals surface area contributed by atoms with Crippen molar-refractivity contribution >= 4 is 29.1 Å². The maximum atomic E-state index is 12.8. The van der Waals surface area contributed by atoms with Gasteiger partial charge in [-0.15, -0.1) is 0 Å². The zero-order valence-corrected chi connectivity index (χ0v) is 15.2. The van der Waals surface area contributed by atoms with Gasteiger partial charge in [0.05, 0.1) is 16.3 Å².